The first-order valence-corrected chi connectivity index (χ1v) is 7.65. The molecular weight excluding hydrogens is 300 g/mol. The van der Waals surface area contributed by atoms with Gasteiger partial charge in [-0.1, -0.05) is 24.3 Å². The first-order valence-electron chi connectivity index (χ1n) is 6.58. The zero-order valence-electron chi connectivity index (χ0n) is 11.8. The van der Waals surface area contributed by atoms with E-state index in [1.807, 2.05) is 31.2 Å². The molecule has 0 fully saturated rings. The van der Waals surface area contributed by atoms with Crippen molar-refractivity contribution in [1.82, 2.24) is 10.2 Å². The molecule has 1 atom stereocenters. The molecule has 3 rings (SSSR count). The van der Waals surface area contributed by atoms with E-state index in [2.05, 4.69) is 14.9 Å². The van der Waals surface area contributed by atoms with Gasteiger partial charge in [-0.2, -0.15) is 9.31 Å². The number of nitrogen functional groups attached to an aromatic ring is 1. The number of nitrogens with one attached hydrogen (secondary N) is 1. The molecule has 1 unspecified atom stereocenters. The number of hydrogen-bond acceptors (Lipinski definition) is 5. The van der Waals surface area contributed by atoms with E-state index >= 15 is 0 Å². The highest BCUT2D eigenvalue weighted by Crippen LogP contribution is 2.23. The Balaban J connectivity index is 1.82. The number of nitrogens with zero attached hydrogens (tertiary/aromatic N) is 2. The first-order chi connectivity index (χ1) is 10.6. The van der Waals surface area contributed by atoms with E-state index in [4.69, 9.17) is 9.92 Å². The van der Waals surface area contributed by atoms with Crippen molar-refractivity contribution >= 4 is 33.5 Å². The van der Waals surface area contributed by atoms with Gasteiger partial charge in [-0.25, -0.2) is 0 Å². The molecule has 0 saturated carbocycles. The predicted molar refractivity (Wildman–Crippen MR) is 87.5 cm³/mol. The predicted octanol–water partition coefficient (Wildman–Crippen LogP) is 2.59. The highest BCUT2D eigenvalue weighted by Gasteiger charge is 2.10. The monoisotopic (exact) mass is 314 g/mol. The fraction of sp³-hybridized carbons (Fsp3) is 0.0667. The Morgan fingerprint density at radius 3 is 2.45 bits per heavy atom. The van der Waals surface area contributed by atoms with Gasteiger partial charge in [0.1, 0.15) is 5.75 Å². The maximum Gasteiger partial charge on any atom is 0.317 e. The molecule has 22 heavy (non-hydrogen) atoms. The summed E-state index contributed by atoms with van der Waals surface area (Å²) < 4.78 is 20.1. The Kier molecular flexibility index (Phi) is 3.88. The molecule has 0 spiro atoms. The fourth-order valence-corrected chi connectivity index (χ4v) is 2.66. The largest absolute Gasteiger partial charge is 0.399 e. The lowest BCUT2D eigenvalue weighted by Gasteiger charge is -2.09. The molecule has 0 aliphatic carbocycles. The average molecular weight is 314 g/mol. The number of nitrogens with two attached hydrogens (primary N) is 1. The second kappa shape index (κ2) is 5.98. The third-order valence-electron chi connectivity index (χ3n) is 3.10. The minimum absolute atomic E-state index is 0.412. The lowest BCUT2D eigenvalue weighted by molar-refractivity contribution is 0.567. The van der Waals surface area contributed by atoms with Gasteiger partial charge in [-0.3, -0.25) is 4.72 Å². The quantitative estimate of drug-likeness (QED) is 0.722. The van der Waals surface area contributed by atoms with Crippen molar-refractivity contribution in [2.45, 2.75) is 6.92 Å². The van der Waals surface area contributed by atoms with Crippen molar-refractivity contribution in [3.63, 3.8) is 0 Å². The Labute approximate surface area is 130 Å². The van der Waals surface area contributed by atoms with Crippen LogP contribution in [0.2, 0.25) is 0 Å². The molecule has 0 aliphatic heterocycles. The second-order valence-electron chi connectivity index (χ2n) is 4.67. The van der Waals surface area contributed by atoms with Gasteiger partial charge >= 0.3 is 11.3 Å². The normalized spacial score (nSPS) is 12.0. The minimum Gasteiger partial charge on any atom is -0.399 e. The van der Waals surface area contributed by atoms with E-state index in [1.54, 1.807) is 24.3 Å². The summed E-state index contributed by atoms with van der Waals surface area (Å²) in [5.74, 6) is 0.861. The number of anilines is 2. The van der Waals surface area contributed by atoms with E-state index < -0.39 is 11.3 Å². The lowest BCUT2D eigenvalue weighted by Crippen LogP contribution is -2.13. The standard InChI is InChI=1S/C15H14N4O2S/c1-10-13-4-2-3-5-14(13)15(18-17-10)19-22(20)21-12-8-6-11(16)7-9-12/h2-9H,16H2,1H3,(H,18,19). The van der Waals surface area contributed by atoms with Crippen molar-refractivity contribution in [2.75, 3.05) is 10.5 Å². The molecule has 2 aromatic carbocycles. The Morgan fingerprint density at radius 2 is 1.73 bits per heavy atom. The van der Waals surface area contributed by atoms with Gasteiger partial charge in [0, 0.05) is 16.5 Å². The van der Waals surface area contributed by atoms with E-state index in [0.717, 1.165) is 16.5 Å². The van der Waals surface area contributed by atoms with Gasteiger partial charge in [-0.15, -0.1) is 5.10 Å². The van der Waals surface area contributed by atoms with E-state index in [-0.39, 0.29) is 0 Å². The maximum atomic E-state index is 12.1. The number of aromatic nitrogens is 2. The van der Waals surface area contributed by atoms with E-state index in [9.17, 15) is 4.21 Å². The number of aryl methyl sites for hydroxylation is 1. The van der Waals surface area contributed by atoms with Crippen LogP contribution in [0.4, 0.5) is 11.5 Å². The van der Waals surface area contributed by atoms with Gasteiger partial charge in [0.15, 0.2) is 5.82 Å². The van der Waals surface area contributed by atoms with Crippen LogP contribution in [-0.2, 0) is 11.3 Å². The summed E-state index contributed by atoms with van der Waals surface area (Å²) >= 11 is -1.78. The Morgan fingerprint density at radius 1 is 1.05 bits per heavy atom. The first kappa shape index (κ1) is 14.3. The number of rotatable bonds is 4. The molecule has 0 radical (unpaired) electrons. The van der Waals surface area contributed by atoms with Crippen LogP contribution in [0.25, 0.3) is 10.8 Å². The summed E-state index contributed by atoms with van der Waals surface area (Å²) in [4.78, 5) is 0. The number of fused-ring (bicyclic) bond motifs is 1. The third-order valence-corrected chi connectivity index (χ3v) is 3.81. The minimum atomic E-state index is -1.78. The van der Waals surface area contributed by atoms with Crippen LogP contribution < -0.4 is 14.6 Å². The molecule has 112 valence electrons. The topological polar surface area (TPSA) is 90.1 Å². The summed E-state index contributed by atoms with van der Waals surface area (Å²) in [5, 5.41) is 9.89. The maximum absolute atomic E-state index is 12.1. The molecule has 6 nitrogen and oxygen atoms in total. The SMILES string of the molecule is Cc1nnc(NS(=O)Oc2ccc(N)cc2)c2ccccc12. The molecule has 7 heteroatoms. The molecule has 0 saturated heterocycles. The third kappa shape index (κ3) is 2.99. The molecule has 1 heterocycles. The summed E-state index contributed by atoms with van der Waals surface area (Å²) in [6.45, 7) is 1.88. The lowest BCUT2D eigenvalue weighted by atomic mass is 10.1. The number of hydrogen-bond donors (Lipinski definition) is 2. The Bertz CT molecular complexity index is 837. The van der Waals surface area contributed by atoms with Gasteiger partial charge in [0.2, 0.25) is 0 Å². The molecule has 0 aliphatic rings. The van der Waals surface area contributed by atoms with Crippen LogP contribution >= 0.6 is 0 Å². The highest BCUT2D eigenvalue weighted by molar-refractivity contribution is 7.82. The van der Waals surface area contributed by atoms with Crippen LogP contribution in [0.5, 0.6) is 5.75 Å². The van der Waals surface area contributed by atoms with Crippen molar-refractivity contribution in [2.24, 2.45) is 0 Å². The van der Waals surface area contributed by atoms with Gasteiger partial charge in [0.05, 0.1) is 5.69 Å². The van der Waals surface area contributed by atoms with E-state index in [1.165, 1.54) is 0 Å². The van der Waals surface area contributed by atoms with Crippen molar-refractivity contribution < 1.29 is 8.39 Å². The summed E-state index contributed by atoms with van der Waals surface area (Å²) in [6.07, 6.45) is 0. The summed E-state index contributed by atoms with van der Waals surface area (Å²) in [6, 6.07) is 14.3. The van der Waals surface area contributed by atoms with Crippen LogP contribution in [0.15, 0.2) is 48.5 Å². The Hall–Kier alpha value is -2.67. The summed E-state index contributed by atoms with van der Waals surface area (Å²) in [7, 11) is 0. The highest BCUT2D eigenvalue weighted by atomic mass is 32.2. The van der Waals surface area contributed by atoms with E-state index in [0.29, 0.717) is 17.3 Å². The fourth-order valence-electron chi connectivity index (χ4n) is 2.02. The van der Waals surface area contributed by atoms with Gasteiger partial charge < -0.3 is 9.92 Å². The van der Waals surface area contributed by atoms with Crippen molar-refractivity contribution in [3.8, 4) is 5.75 Å². The zero-order chi connectivity index (χ0) is 15.5. The van der Waals surface area contributed by atoms with Crippen LogP contribution in [-0.4, -0.2) is 14.4 Å². The molecule has 0 bridgehead atoms. The zero-order valence-corrected chi connectivity index (χ0v) is 12.6. The van der Waals surface area contributed by atoms with Crippen LogP contribution in [0.1, 0.15) is 5.69 Å². The second-order valence-corrected chi connectivity index (χ2v) is 5.51. The van der Waals surface area contributed by atoms with Gasteiger partial charge in [-0.05, 0) is 31.2 Å². The van der Waals surface area contributed by atoms with Crippen LogP contribution in [0, 0.1) is 6.92 Å². The van der Waals surface area contributed by atoms with Crippen molar-refractivity contribution in [1.29, 1.82) is 0 Å². The molecule has 0 amide bonds. The summed E-state index contributed by atoms with van der Waals surface area (Å²) in [5.41, 5.74) is 7.02. The molecule has 3 N–H and O–H groups in total. The van der Waals surface area contributed by atoms with Crippen LogP contribution in [0.3, 0.4) is 0 Å². The smallest absolute Gasteiger partial charge is 0.317 e. The van der Waals surface area contributed by atoms with Gasteiger partial charge in [0.25, 0.3) is 0 Å². The molecule has 1 aromatic heterocycles. The molecule has 3 aromatic rings. The average Bonchev–Trinajstić information content (AvgIpc) is 2.53. The van der Waals surface area contributed by atoms with Crippen molar-refractivity contribution in [3.05, 3.63) is 54.2 Å². The molecular formula is C15H14N4O2S. The number of benzene rings is 2.